The minimum Gasteiger partial charge on any atom is -0.396 e. The van der Waals surface area contributed by atoms with Gasteiger partial charge in [0.1, 0.15) is 5.01 Å². The molecule has 2 nitrogen and oxygen atoms in total. The van der Waals surface area contributed by atoms with Gasteiger partial charge in [-0.15, -0.1) is 11.3 Å². The van der Waals surface area contributed by atoms with Gasteiger partial charge in [-0.05, 0) is 36.2 Å². The second kappa shape index (κ2) is 6.20. The summed E-state index contributed by atoms with van der Waals surface area (Å²) in [4.78, 5) is 4.32. The second-order valence-corrected chi connectivity index (χ2v) is 5.71. The van der Waals surface area contributed by atoms with Crippen LogP contribution in [0.4, 0.5) is 0 Å². The molecule has 1 heterocycles. The van der Waals surface area contributed by atoms with E-state index in [-0.39, 0.29) is 6.61 Å². The van der Waals surface area contributed by atoms with Crippen LogP contribution in [-0.4, -0.2) is 16.7 Å². The first kappa shape index (κ1) is 12.6. The molecule has 0 aliphatic rings. The molecule has 0 saturated carbocycles. The number of rotatable bonds is 4. The Morgan fingerprint density at radius 2 is 2.33 bits per heavy atom. The van der Waals surface area contributed by atoms with Crippen LogP contribution >= 0.6 is 27.3 Å². The van der Waals surface area contributed by atoms with Gasteiger partial charge in [0.2, 0.25) is 0 Å². The van der Waals surface area contributed by atoms with Crippen molar-refractivity contribution in [3.8, 4) is 0 Å². The van der Waals surface area contributed by atoms with E-state index in [1.807, 2.05) is 18.3 Å². The number of nitrogens with zero attached hydrogens (tertiary/aromatic N) is 1. The smallest absolute Gasteiger partial charge is 0.124 e. The highest BCUT2D eigenvalue weighted by atomic mass is 79.9. The largest absolute Gasteiger partial charge is 0.396 e. The quantitative estimate of drug-likeness (QED) is 0.858. The molecule has 0 aliphatic heterocycles. The van der Waals surface area contributed by atoms with Crippen molar-refractivity contribution in [3.63, 3.8) is 0 Å². The van der Waals surface area contributed by atoms with Gasteiger partial charge in [-0.2, -0.15) is 0 Å². The molecule has 1 N–H and O–H groups in total. The molecule has 1 aromatic heterocycles. The number of aliphatic hydroxyl groups excluding tert-OH is 1. The van der Waals surface area contributed by atoms with Gasteiger partial charge >= 0.3 is 0 Å². The Morgan fingerprint density at radius 3 is 2.80 bits per heavy atom. The lowest BCUT2D eigenvalue weighted by Gasteiger charge is -2.00. The summed E-state index contributed by atoms with van der Waals surface area (Å²) in [6, 6.07) is 0. The molecule has 0 saturated heterocycles. The first-order valence-electron chi connectivity index (χ1n) is 4.71. The molecule has 0 atom stereocenters. The standard InChI is InChI=1S/C11H14BrNOS/c1-8(2)9(5-3-4-6-14)11-13-7-10(12)15-11/h3,5,7,14H,4,6H2,1-2H3/b5-3-. The van der Waals surface area contributed by atoms with Crippen LogP contribution in [0.3, 0.4) is 0 Å². The van der Waals surface area contributed by atoms with E-state index in [2.05, 4.69) is 34.8 Å². The van der Waals surface area contributed by atoms with E-state index < -0.39 is 0 Å². The van der Waals surface area contributed by atoms with E-state index in [0.717, 1.165) is 14.4 Å². The fourth-order valence-electron chi connectivity index (χ4n) is 1.11. The summed E-state index contributed by atoms with van der Waals surface area (Å²) >= 11 is 5.02. The molecule has 1 rings (SSSR count). The molecule has 0 fully saturated rings. The molecule has 15 heavy (non-hydrogen) atoms. The third-order valence-electron chi connectivity index (χ3n) is 1.83. The summed E-state index contributed by atoms with van der Waals surface area (Å²) < 4.78 is 1.03. The zero-order chi connectivity index (χ0) is 11.3. The monoisotopic (exact) mass is 287 g/mol. The van der Waals surface area contributed by atoms with Crippen molar-refractivity contribution in [1.29, 1.82) is 0 Å². The average molecular weight is 288 g/mol. The predicted molar refractivity (Wildman–Crippen MR) is 68.9 cm³/mol. The molecule has 82 valence electrons. The molecular weight excluding hydrogens is 274 g/mol. The minimum absolute atomic E-state index is 0.189. The summed E-state index contributed by atoms with van der Waals surface area (Å²) in [6.45, 7) is 4.32. The highest BCUT2D eigenvalue weighted by Crippen LogP contribution is 2.28. The highest BCUT2D eigenvalue weighted by Gasteiger charge is 2.04. The maximum absolute atomic E-state index is 8.70. The van der Waals surface area contributed by atoms with Crippen molar-refractivity contribution in [2.24, 2.45) is 0 Å². The van der Waals surface area contributed by atoms with Gasteiger partial charge in [0, 0.05) is 12.2 Å². The molecule has 0 radical (unpaired) electrons. The maximum Gasteiger partial charge on any atom is 0.124 e. The average Bonchev–Trinajstić information content (AvgIpc) is 2.59. The fraction of sp³-hybridized carbons (Fsp3) is 0.364. The van der Waals surface area contributed by atoms with Gasteiger partial charge < -0.3 is 5.11 Å². The van der Waals surface area contributed by atoms with E-state index in [4.69, 9.17) is 5.11 Å². The topological polar surface area (TPSA) is 33.1 Å². The zero-order valence-electron chi connectivity index (χ0n) is 8.83. The summed E-state index contributed by atoms with van der Waals surface area (Å²) in [7, 11) is 0. The lowest BCUT2D eigenvalue weighted by Crippen LogP contribution is -1.83. The van der Waals surface area contributed by atoms with Crippen LogP contribution in [0.2, 0.25) is 0 Å². The SMILES string of the molecule is CC(C)=C(/C=C\CCO)c1ncc(Br)s1. The number of hydrogen-bond acceptors (Lipinski definition) is 3. The van der Waals surface area contributed by atoms with Crippen LogP contribution in [0.15, 0.2) is 27.7 Å². The zero-order valence-corrected chi connectivity index (χ0v) is 11.2. The van der Waals surface area contributed by atoms with Gasteiger partial charge in [-0.25, -0.2) is 4.98 Å². The fourth-order valence-corrected chi connectivity index (χ4v) is 2.45. The second-order valence-electron chi connectivity index (χ2n) is 3.30. The Morgan fingerprint density at radius 1 is 1.60 bits per heavy atom. The Bertz CT molecular complexity index is 378. The number of allylic oxidation sites excluding steroid dienone is 3. The highest BCUT2D eigenvalue weighted by molar-refractivity contribution is 9.11. The van der Waals surface area contributed by atoms with Crippen LogP contribution in [0.25, 0.3) is 5.57 Å². The molecule has 0 amide bonds. The van der Waals surface area contributed by atoms with Crippen molar-refractivity contribution < 1.29 is 5.11 Å². The van der Waals surface area contributed by atoms with Crippen LogP contribution < -0.4 is 0 Å². The minimum atomic E-state index is 0.189. The summed E-state index contributed by atoms with van der Waals surface area (Å²) in [5.74, 6) is 0. The third kappa shape index (κ3) is 3.89. The van der Waals surface area contributed by atoms with Crippen molar-refractivity contribution in [2.75, 3.05) is 6.61 Å². The number of aromatic nitrogens is 1. The van der Waals surface area contributed by atoms with E-state index in [9.17, 15) is 0 Å². The van der Waals surface area contributed by atoms with Gasteiger partial charge in [-0.3, -0.25) is 0 Å². The van der Waals surface area contributed by atoms with Gasteiger partial charge in [0.25, 0.3) is 0 Å². The lowest BCUT2D eigenvalue weighted by atomic mass is 10.1. The Kier molecular flexibility index (Phi) is 5.22. The predicted octanol–water partition coefficient (Wildman–Crippen LogP) is 3.64. The molecule has 0 aliphatic carbocycles. The molecule has 0 aromatic carbocycles. The van der Waals surface area contributed by atoms with Crippen LogP contribution in [0.1, 0.15) is 25.3 Å². The van der Waals surface area contributed by atoms with E-state index in [1.54, 1.807) is 11.3 Å². The van der Waals surface area contributed by atoms with Crippen molar-refractivity contribution >= 4 is 32.8 Å². The first-order valence-corrected chi connectivity index (χ1v) is 6.32. The van der Waals surface area contributed by atoms with E-state index >= 15 is 0 Å². The first-order chi connectivity index (χ1) is 7.15. The summed E-state index contributed by atoms with van der Waals surface area (Å²) in [6.07, 6.45) is 6.49. The summed E-state index contributed by atoms with van der Waals surface area (Å²) in [5.41, 5.74) is 2.37. The third-order valence-corrected chi connectivity index (χ3v) is 3.34. The van der Waals surface area contributed by atoms with Crippen molar-refractivity contribution in [2.45, 2.75) is 20.3 Å². The van der Waals surface area contributed by atoms with Gasteiger partial charge in [0.05, 0.1) is 9.98 Å². The molecule has 0 bridgehead atoms. The normalized spacial score (nSPS) is 10.9. The molecule has 4 heteroatoms. The number of hydrogen-bond donors (Lipinski definition) is 1. The summed E-state index contributed by atoms with van der Waals surface area (Å²) in [5, 5.41) is 9.71. The van der Waals surface area contributed by atoms with E-state index in [0.29, 0.717) is 6.42 Å². The number of halogens is 1. The molecule has 0 unspecified atom stereocenters. The Hall–Kier alpha value is -0.450. The number of thiazole rings is 1. The maximum atomic E-state index is 8.70. The van der Waals surface area contributed by atoms with Crippen LogP contribution in [-0.2, 0) is 0 Å². The number of aliphatic hydroxyl groups is 1. The molecule has 1 aromatic rings. The lowest BCUT2D eigenvalue weighted by molar-refractivity contribution is 0.302. The van der Waals surface area contributed by atoms with Crippen molar-refractivity contribution in [3.05, 3.63) is 32.7 Å². The molecular formula is C11H14BrNOS. The van der Waals surface area contributed by atoms with Gasteiger partial charge in [0.15, 0.2) is 0 Å². The Balaban J connectivity index is 2.90. The van der Waals surface area contributed by atoms with Crippen LogP contribution in [0.5, 0.6) is 0 Å². The molecule has 0 spiro atoms. The van der Waals surface area contributed by atoms with Crippen LogP contribution in [0, 0.1) is 0 Å². The van der Waals surface area contributed by atoms with E-state index in [1.165, 1.54) is 5.57 Å². The van der Waals surface area contributed by atoms with Gasteiger partial charge in [-0.1, -0.05) is 17.7 Å². The van der Waals surface area contributed by atoms with Crippen molar-refractivity contribution in [1.82, 2.24) is 4.98 Å². The Labute approximate surface area is 102 Å².